The highest BCUT2D eigenvalue weighted by Gasteiger charge is 2.11. The highest BCUT2D eigenvalue weighted by molar-refractivity contribution is 8.00. The van der Waals surface area contributed by atoms with Crippen LogP contribution in [0.15, 0.2) is 40.4 Å². The van der Waals surface area contributed by atoms with Gasteiger partial charge in [0.25, 0.3) is 0 Å². The molecule has 90 valence electrons. The Kier molecular flexibility index (Phi) is 6.42. The van der Waals surface area contributed by atoms with Gasteiger partial charge in [-0.1, -0.05) is 31.2 Å². The minimum atomic E-state index is 0.354. The van der Waals surface area contributed by atoms with E-state index in [4.69, 9.17) is 5.26 Å². The molecule has 0 heterocycles. The fourth-order valence-corrected chi connectivity index (χ4v) is 2.62. The summed E-state index contributed by atoms with van der Waals surface area (Å²) < 4.78 is 0. The predicted molar refractivity (Wildman–Crippen MR) is 76.5 cm³/mol. The molecule has 0 aromatic carbocycles. The molecule has 0 aromatic rings. The number of nitriles is 1. The summed E-state index contributed by atoms with van der Waals surface area (Å²) in [7, 11) is 1.81. The lowest BCUT2D eigenvalue weighted by Crippen LogP contribution is -2.08. The number of hydrogen-bond donors (Lipinski definition) is 0. The largest absolute Gasteiger partial charge is 0.299 e. The van der Waals surface area contributed by atoms with Crippen LogP contribution in [0.1, 0.15) is 19.8 Å². The Morgan fingerprint density at radius 2 is 2.41 bits per heavy atom. The summed E-state index contributed by atoms with van der Waals surface area (Å²) in [6.07, 6.45) is 11.8. The van der Waals surface area contributed by atoms with Crippen LogP contribution >= 0.6 is 11.8 Å². The van der Waals surface area contributed by atoms with Crippen molar-refractivity contribution in [3.05, 3.63) is 35.5 Å². The zero-order valence-corrected chi connectivity index (χ0v) is 11.2. The SMILES string of the molecule is CCSC(C=NC)C1=CC=C(CC#N)C=CC1. The lowest BCUT2D eigenvalue weighted by molar-refractivity contribution is 1.16. The van der Waals surface area contributed by atoms with Crippen molar-refractivity contribution >= 4 is 18.0 Å². The Morgan fingerprint density at radius 1 is 1.59 bits per heavy atom. The van der Waals surface area contributed by atoms with E-state index in [0.29, 0.717) is 11.7 Å². The van der Waals surface area contributed by atoms with Crippen molar-refractivity contribution in [2.24, 2.45) is 4.99 Å². The number of aliphatic imine (C=N–C) groups is 1. The number of nitrogens with zero attached hydrogens (tertiary/aromatic N) is 2. The summed E-state index contributed by atoms with van der Waals surface area (Å²) >= 11 is 1.89. The van der Waals surface area contributed by atoms with E-state index in [2.05, 4.69) is 36.2 Å². The van der Waals surface area contributed by atoms with Gasteiger partial charge in [0, 0.05) is 13.3 Å². The number of hydrogen-bond acceptors (Lipinski definition) is 3. The smallest absolute Gasteiger partial charge is 0.0669 e. The Hall–Kier alpha value is -1.27. The molecule has 0 fully saturated rings. The van der Waals surface area contributed by atoms with Gasteiger partial charge in [-0.15, -0.1) is 11.8 Å². The van der Waals surface area contributed by atoms with Crippen molar-refractivity contribution in [1.82, 2.24) is 0 Å². The van der Waals surface area contributed by atoms with Gasteiger partial charge < -0.3 is 0 Å². The van der Waals surface area contributed by atoms with Crippen LogP contribution in [-0.4, -0.2) is 24.3 Å². The summed E-state index contributed by atoms with van der Waals surface area (Å²) in [4.78, 5) is 4.13. The molecule has 0 spiro atoms. The third kappa shape index (κ3) is 4.62. The van der Waals surface area contributed by atoms with Gasteiger partial charge in [-0.05, 0) is 23.3 Å². The fourth-order valence-electron chi connectivity index (χ4n) is 1.66. The van der Waals surface area contributed by atoms with E-state index >= 15 is 0 Å². The lowest BCUT2D eigenvalue weighted by Gasteiger charge is -2.13. The highest BCUT2D eigenvalue weighted by atomic mass is 32.2. The minimum absolute atomic E-state index is 0.354. The molecule has 0 saturated carbocycles. The van der Waals surface area contributed by atoms with Crippen LogP contribution in [0.4, 0.5) is 0 Å². The first kappa shape index (κ1) is 13.8. The summed E-state index contributed by atoms with van der Waals surface area (Å²) in [5.41, 5.74) is 2.43. The number of rotatable bonds is 5. The first-order valence-electron chi connectivity index (χ1n) is 5.78. The molecule has 3 heteroatoms. The third-order valence-corrected chi connectivity index (χ3v) is 3.59. The van der Waals surface area contributed by atoms with Crippen molar-refractivity contribution in [2.45, 2.75) is 25.0 Å². The molecule has 2 nitrogen and oxygen atoms in total. The van der Waals surface area contributed by atoms with Gasteiger partial charge in [0.05, 0.1) is 17.7 Å². The van der Waals surface area contributed by atoms with Crippen molar-refractivity contribution in [2.75, 3.05) is 12.8 Å². The molecule has 0 N–H and O–H groups in total. The monoisotopic (exact) mass is 246 g/mol. The molecule has 1 atom stereocenters. The van der Waals surface area contributed by atoms with E-state index in [0.717, 1.165) is 17.7 Å². The van der Waals surface area contributed by atoms with Gasteiger partial charge in [-0.25, -0.2) is 0 Å². The molecule has 0 radical (unpaired) electrons. The molecular formula is C14H18N2S. The van der Waals surface area contributed by atoms with Crippen molar-refractivity contribution in [3.8, 4) is 6.07 Å². The average molecular weight is 246 g/mol. The van der Waals surface area contributed by atoms with E-state index in [1.165, 1.54) is 5.57 Å². The molecule has 1 unspecified atom stereocenters. The fraction of sp³-hybridized carbons (Fsp3) is 0.429. The molecule has 0 bridgehead atoms. The quantitative estimate of drug-likeness (QED) is 0.696. The van der Waals surface area contributed by atoms with Gasteiger partial charge in [-0.2, -0.15) is 5.26 Å². The zero-order chi connectivity index (χ0) is 12.5. The summed E-state index contributed by atoms with van der Waals surface area (Å²) in [6, 6.07) is 2.18. The average Bonchev–Trinajstić information content (AvgIpc) is 2.55. The third-order valence-electron chi connectivity index (χ3n) is 2.48. The number of thioether (sulfide) groups is 1. The molecule has 0 aromatic heterocycles. The number of allylic oxidation sites excluding steroid dienone is 5. The molecule has 17 heavy (non-hydrogen) atoms. The van der Waals surface area contributed by atoms with E-state index in [-0.39, 0.29) is 0 Å². The Bertz CT molecular complexity index is 397. The molecule has 0 amide bonds. The van der Waals surface area contributed by atoms with E-state index in [9.17, 15) is 0 Å². The Morgan fingerprint density at radius 3 is 3.06 bits per heavy atom. The normalized spacial score (nSPS) is 17.2. The van der Waals surface area contributed by atoms with Gasteiger partial charge >= 0.3 is 0 Å². The van der Waals surface area contributed by atoms with E-state index in [1.807, 2.05) is 31.1 Å². The van der Waals surface area contributed by atoms with Crippen LogP contribution in [-0.2, 0) is 0 Å². The molecular weight excluding hydrogens is 228 g/mol. The van der Waals surface area contributed by atoms with Crippen LogP contribution in [0, 0.1) is 11.3 Å². The molecule has 1 rings (SSSR count). The van der Waals surface area contributed by atoms with Crippen molar-refractivity contribution in [1.29, 1.82) is 5.26 Å². The zero-order valence-electron chi connectivity index (χ0n) is 10.4. The first-order valence-corrected chi connectivity index (χ1v) is 6.83. The van der Waals surface area contributed by atoms with Gasteiger partial charge in [0.1, 0.15) is 0 Å². The topological polar surface area (TPSA) is 36.1 Å². The molecule has 0 saturated heterocycles. The maximum absolute atomic E-state index is 8.68. The van der Waals surface area contributed by atoms with Crippen LogP contribution < -0.4 is 0 Å². The van der Waals surface area contributed by atoms with Gasteiger partial charge in [-0.3, -0.25) is 4.99 Å². The van der Waals surface area contributed by atoms with Gasteiger partial charge in [0.2, 0.25) is 0 Å². The van der Waals surface area contributed by atoms with Crippen LogP contribution in [0.25, 0.3) is 0 Å². The van der Waals surface area contributed by atoms with Gasteiger partial charge in [0.15, 0.2) is 0 Å². The van der Waals surface area contributed by atoms with Crippen LogP contribution in [0.2, 0.25) is 0 Å². The van der Waals surface area contributed by atoms with E-state index in [1.54, 1.807) is 0 Å². The Labute approximate surface area is 108 Å². The summed E-state index contributed by atoms with van der Waals surface area (Å²) in [5.74, 6) is 1.08. The first-order chi connectivity index (χ1) is 8.31. The van der Waals surface area contributed by atoms with Crippen LogP contribution in [0.5, 0.6) is 0 Å². The molecule has 1 aliphatic rings. The maximum Gasteiger partial charge on any atom is 0.0669 e. The Balaban J connectivity index is 2.83. The summed E-state index contributed by atoms with van der Waals surface area (Å²) in [5, 5.41) is 9.04. The molecule has 0 aliphatic heterocycles. The minimum Gasteiger partial charge on any atom is -0.299 e. The second-order valence-electron chi connectivity index (χ2n) is 3.71. The lowest BCUT2D eigenvalue weighted by atomic mass is 10.1. The molecule has 1 aliphatic carbocycles. The van der Waals surface area contributed by atoms with Crippen LogP contribution in [0.3, 0.4) is 0 Å². The van der Waals surface area contributed by atoms with Crippen molar-refractivity contribution < 1.29 is 0 Å². The second kappa shape index (κ2) is 7.92. The predicted octanol–water partition coefficient (Wildman–Crippen LogP) is 3.54. The highest BCUT2D eigenvalue weighted by Crippen LogP contribution is 2.23. The maximum atomic E-state index is 8.68. The van der Waals surface area contributed by atoms with E-state index < -0.39 is 0 Å². The standard InChI is InChI=1S/C14H18N2S/c1-3-17-14(11-16-2)13-6-4-5-12(7-8-13)9-10-15/h4-5,7-8,11,14H,3,6,9H2,1-2H3. The van der Waals surface area contributed by atoms with Crippen molar-refractivity contribution in [3.63, 3.8) is 0 Å². The summed E-state index contributed by atoms with van der Waals surface area (Å²) in [6.45, 7) is 2.16. The second-order valence-corrected chi connectivity index (χ2v) is 5.13.